The Morgan fingerprint density at radius 1 is 0.844 bits per heavy atom. The van der Waals surface area contributed by atoms with Gasteiger partial charge in [-0.1, -0.05) is 30.3 Å². The van der Waals surface area contributed by atoms with Crippen molar-refractivity contribution in [3.05, 3.63) is 95.7 Å². The van der Waals surface area contributed by atoms with Crippen LogP contribution in [-0.2, 0) is 14.4 Å². The molecular weight excluding hydrogens is 404 g/mol. The van der Waals surface area contributed by atoms with Gasteiger partial charge in [0.05, 0.1) is 22.9 Å². The zero-order chi connectivity index (χ0) is 22.7. The van der Waals surface area contributed by atoms with Crippen molar-refractivity contribution in [1.29, 1.82) is 5.26 Å². The molecule has 1 aliphatic heterocycles. The minimum Gasteiger partial charge on any atom is -0.350 e. The van der Waals surface area contributed by atoms with Crippen molar-refractivity contribution in [3.8, 4) is 6.07 Å². The molecule has 0 saturated carbocycles. The predicted molar refractivity (Wildman–Crippen MR) is 121 cm³/mol. The van der Waals surface area contributed by atoms with Crippen LogP contribution in [0.5, 0.6) is 0 Å². The van der Waals surface area contributed by atoms with Gasteiger partial charge in [0.2, 0.25) is 5.91 Å². The van der Waals surface area contributed by atoms with Crippen molar-refractivity contribution in [3.63, 3.8) is 0 Å². The molecule has 4 rings (SSSR count). The molecule has 0 radical (unpaired) electrons. The largest absolute Gasteiger partial charge is 0.350 e. The van der Waals surface area contributed by atoms with Crippen molar-refractivity contribution >= 4 is 40.4 Å². The van der Waals surface area contributed by atoms with Crippen LogP contribution in [0.4, 0.5) is 17.1 Å². The average molecular weight is 422 g/mol. The summed E-state index contributed by atoms with van der Waals surface area (Å²) in [5.74, 6) is -1.14. The molecule has 3 aromatic carbocycles. The second-order valence-electron chi connectivity index (χ2n) is 7.10. The van der Waals surface area contributed by atoms with Crippen LogP contribution < -0.4 is 15.5 Å². The second-order valence-corrected chi connectivity index (χ2v) is 7.10. The number of hydrogen-bond acceptors (Lipinski definition) is 5. The molecule has 3 aromatic rings. The van der Waals surface area contributed by atoms with Gasteiger partial charge in [0.25, 0.3) is 11.8 Å². The molecular formula is C25H18N4O3. The van der Waals surface area contributed by atoms with Crippen LogP contribution in [0.15, 0.2) is 84.6 Å². The molecule has 7 nitrogen and oxygen atoms in total. The molecule has 1 heterocycles. The summed E-state index contributed by atoms with van der Waals surface area (Å²) < 4.78 is 0. The molecule has 7 heteroatoms. The number of imide groups is 1. The number of carbonyl (C=O) groups excluding carboxylic acids is 3. The lowest BCUT2D eigenvalue weighted by atomic mass is 10.0. The number of benzene rings is 3. The molecule has 0 fully saturated rings. The highest BCUT2D eigenvalue weighted by atomic mass is 16.2. The molecule has 156 valence electrons. The fourth-order valence-corrected chi connectivity index (χ4v) is 3.42. The summed E-state index contributed by atoms with van der Waals surface area (Å²) in [4.78, 5) is 39.0. The third kappa shape index (κ3) is 3.98. The van der Waals surface area contributed by atoms with E-state index in [1.807, 2.05) is 12.1 Å². The van der Waals surface area contributed by atoms with E-state index in [0.717, 1.165) is 4.90 Å². The van der Waals surface area contributed by atoms with Crippen molar-refractivity contribution in [2.75, 3.05) is 15.5 Å². The Bertz CT molecular complexity index is 1270. The molecule has 1 aliphatic rings. The van der Waals surface area contributed by atoms with Gasteiger partial charge in [-0.3, -0.25) is 14.4 Å². The average Bonchev–Trinajstić information content (AvgIpc) is 3.04. The van der Waals surface area contributed by atoms with Gasteiger partial charge in [-0.15, -0.1) is 0 Å². The summed E-state index contributed by atoms with van der Waals surface area (Å²) >= 11 is 0. The standard InChI is InChI=1S/C25H18N4O3/c1-16(30)27-19-9-11-20(12-10-19)28-23-22(18-5-3-2-4-6-18)24(31)29(25(23)32)21-13-7-17(15-26)8-14-21/h2-14,28H,1H3,(H,27,30). The van der Waals surface area contributed by atoms with Crippen molar-refractivity contribution in [2.24, 2.45) is 0 Å². The van der Waals surface area contributed by atoms with E-state index in [1.54, 1.807) is 72.8 Å². The third-order valence-electron chi connectivity index (χ3n) is 4.88. The maximum absolute atomic E-state index is 13.3. The molecule has 3 amide bonds. The van der Waals surface area contributed by atoms with Crippen molar-refractivity contribution in [1.82, 2.24) is 0 Å². The Labute approximate surface area is 184 Å². The third-order valence-corrected chi connectivity index (χ3v) is 4.88. The summed E-state index contributed by atoms with van der Waals surface area (Å²) in [6.07, 6.45) is 0. The van der Waals surface area contributed by atoms with Gasteiger partial charge in [0, 0.05) is 18.3 Å². The maximum atomic E-state index is 13.3. The summed E-state index contributed by atoms with van der Waals surface area (Å²) in [5.41, 5.74) is 3.04. The number of carbonyl (C=O) groups is 3. The fraction of sp³-hybridized carbons (Fsp3) is 0.0400. The van der Waals surface area contributed by atoms with Gasteiger partial charge in [0.1, 0.15) is 5.70 Å². The highest BCUT2D eigenvalue weighted by Crippen LogP contribution is 2.34. The number of nitriles is 1. The lowest BCUT2D eigenvalue weighted by molar-refractivity contribution is -0.120. The van der Waals surface area contributed by atoms with E-state index in [2.05, 4.69) is 10.6 Å². The first kappa shape index (κ1) is 20.6. The van der Waals surface area contributed by atoms with Crippen LogP contribution in [0.25, 0.3) is 5.57 Å². The molecule has 0 unspecified atom stereocenters. The topological polar surface area (TPSA) is 102 Å². The first-order valence-corrected chi connectivity index (χ1v) is 9.81. The molecule has 0 atom stereocenters. The van der Waals surface area contributed by atoms with E-state index in [0.29, 0.717) is 28.2 Å². The number of nitrogens with zero attached hydrogens (tertiary/aromatic N) is 2. The summed E-state index contributed by atoms with van der Waals surface area (Å²) in [6.45, 7) is 1.42. The summed E-state index contributed by atoms with van der Waals surface area (Å²) in [5, 5.41) is 14.8. The van der Waals surface area contributed by atoms with Crippen LogP contribution >= 0.6 is 0 Å². The highest BCUT2D eigenvalue weighted by Gasteiger charge is 2.40. The van der Waals surface area contributed by atoms with Gasteiger partial charge < -0.3 is 10.6 Å². The zero-order valence-corrected chi connectivity index (χ0v) is 17.1. The van der Waals surface area contributed by atoms with Crippen LogP contribution in [0.3, 0.4) is 0 Å². The van der Waals surface area contributed by atoms with Crippen molar-refractivity contribution in [2.45, 2.75) is 6.92 Å². The van der Waals surface area contributed by atoms with Gasteiger partial charge in [-0.25, -0.2) is 4.90 Å². The molecule has 0 saturated heterocycles. The molecule has 0 spiro atoms. The van der Waals surface area contributed by atoms with Crippen LogP contribution in [0.1, 0.15) is 18.1 Å². The minimum atomic E-state index is -0.496. The number of anilines is 3. The van der Waals surface area contributed by atoms with Crippen LogP contribution in [-0.4, -0.2) is 17.7 Å². The number of rotatable bonds is 5. The Morgan fingerprint density at radius 2 is 1.47 bits per heavy atom. The molecule has 0 aliphatic carbocycles. The van der Waals surface area contributed by atoms with Gasteiger partial charge in [0.15, 0.2) is 0 Å². The van der Waals surface area contributed by atoms with E-state index in [9.17, 15) is 14.4 Å². The second kappa shape index (κ2) is 8.58. The Morgan fingerprint density at radius 3 is 2.06 bits per heavy atom. The SMILES string of the molecule is CC(=O)Nc1ccc(NC2=C(c3ccccc3)C(=O)N(c3ccc(C#N)cc3)C2=O)cc1. The Hall–Kier alpha value is -4.70. The minimum absolute atomic E-state index is 0.151. The van der Waals surface area contributed by atoms with E-state index in [4.69, 9.17) is 5.26 Å². The number of amides is 3. The molecule has 0 bridgehead atoms. The molecule has 32 heavy (non-hydrogen) atoms. The van der Waals surface area contributed by atoms with Crippen LogP contribution in [0, 0.1) is 11.3 Å². The monoisotopic (exact) mass is 422 g/mol. The maximum Gasteiger partial charge on any atom is 0.282 e. The predicted octanol–water partition coefficient (Wildman–Crippen LogP) is 3.91. The van der Waals surface area contributed by atoms with E-state index in [1.165, 1.54) is 6.92 Å². The highest BCUT2D eigenvalue weighted by molar-refractivity contribution is 6.46. The van der Waals surface area contributed by atoms with E-state index < -0.39 is 11.8 Å². The smallest absolute Gasteiger partial charge is 0.282 e. The number of nitrogens with one attached hydrogen (secondary N) is 2. The Kier molecular flexibility index (Phi) is 5.51. The van der Waals surface area contributed by atoms with Crippen LogP contribution in [0.2, 0.25) is 0 Å². The molecule has 2 N–H and O–H groups in total. The summed E-state index contributed by atoms with van der Waals surface area (Å²) in [6, 6.07) is 24.1. The quantitative estimate of drug-likeness (QED) is 0.607. The summed E-state index contributed by atoms with van der Waals surface area (Å²) in [7, 11) is 0. The van der Waals surface area contributed by atoms with E-state index >= 15 is 0 Å². The lowest BCUT2D eigenvalue weighted by Crippen LogP contribution is -2.32. The first-order valence-electron chi connectivity index (χ1n) is 9.81. The Balaban J connectivity index is 1.72. The lowest BCUT2D eigenvalue weighted by Gasteiger charge is -2.15. The first-order chi connectivity index (χ1) is 15.5. The van der Waals surface area contributed by atoms with Crippen molar-refractivity contribution < 1.29 is 14.4 Å². The fourth-order valence-electron chi connectivity index (χ4n) is 3.42. The number of hydrogen-bond donors (Lipinski definition) is 2. The molecule has 0 aromatic heterocycles. The van der Waals surface area contributed by atoms with Gasteiger partial charge in [-0.05, 0) is 54.1 Å². The van der Waals surface area contributed by atoms with Gasteiger partial charge >= 0.3 is 0 Å². The normalized spacial score (nSPS) is 13.2. The zero-order valence-electron chi connectivity index (χ0n) is 17.1. The van der Waals surface area contributed by atoms with E-state index in [-0.39, 0.29) is 17.2 Å². The van der Waals surface area contributed by atoms with Gasteiger partial charge in [-0.2, -0.15) is 5.26 Å².